The van der Waals surface area contributed by atoms with Gasteiger partial charge in [-0.25, -0.2) is 4.67 Å². The van der Waals surface area contributed by atoms with Crippen LogP contribution in [0.15, 0.2) is 0 Å². The van der Waals surface area contributed by atoms with Crippen molar-refractivity contribution in [2.24, 2.45) is 0 Å². The van der Waals surface area contributed by atoms with Gasteiger partial charge in [-0.15, -0.1) is 0 Å². The molecule has 0 aliphatic rings. The van der Waals surface area contributed by atoms with Gasteiger partial charge in [0.05, 0.1) is 19.8 Å². The molecule has 0 aromatic heterocycles. The Bertz CT molecular complexity index is 174. The number of nitrogens with zero attached hydrogens (tertiary/aromatic N) is 1. The van der Waals surface area contributed by atoms with Gasteiger partial charge in [0.25, 0.3) is 0 Å². The van der Waals surface area contributed by atoms with Crippen LogP contribution >= 0.6 is 18.1 Å². The number of aliphatic hydroxyl groups is 2. The van der Waals surface area contributed by atoms with E-state index in [4.69, 9.17) is 26.0 Å². The molecule has 80 valence electrons. The predicted octanol–water partition coefficient (Wildman–Crippen LogP) is 0.656. The van der Waals surface area contributed by atoms with Crippen molar-refractivity contribution >= 4 is 18.1 Å². The van der Waals surface area contributed by atoms with Crippen molar-refractivity contribution in [2.75, 3.05) is 32.9 Å². The summed E-state index contributed by atoms with van der Waals surface area (Å²) in [6.45, 7) is -1.55. The lowest BCUT2D eigenvalue weighted by Crippen LogP contribution is -2.26. The van der Waals surface area contributed by atoms with Gasteiger partial charge in [-0.1, -0.05) is 0 Å². The van der Waals surface area contributed by atoms with Crippen molar-refractivity contribution in [2.45, 2.75) is 6.92 Å². The standard InChI is InChI=1S/C6H15ClNO4P/c1-2-12-13(7,11)8(3-5-9)4-6-10/h9-10H,2-6H2,1H3. The highest BCUT2D eigenvalue weighted by atomic mass is 35.7. The zero-order valence-electron chi connectivity index (χ0n) is 7.52. The van der Waals surface area contributed by atoms with Crippen LogP contribution in [0.2, 0.25) is 0 Å². The van der Waals surface area contributed by atoms with E-state index in [-0.39, 0.29) is 32.9 Å². The molecule has 0 heterocycles. The average Bonchev–Trinajstić information content (AvgIpc) is 2.04. The van der Waals surface area contributed by atoms with E-state index in [1.54, 1.807) is 6.92 Å². The summed E-state index contributed by atoms with van der Waals surface area (Å²) >= 11 is 5.60. The molecular weight excluding hydrogens is 216 g/mol. The van der Waals surface area contributed by atoms with Crippen LogP contribution in [0.1, 0.15) is 6.92 Å². The van der Waals surface area contributed by atoms with Crippen molar-refractivity contribution in [1.82, 2.24) is 4.67 Å². The summed E-state index contributed by atoms with van der Waals surface area (Å²) in [7, 11) is 0. The molecular formula is C6H15ClNO4P. The Hall–Kier alpha value is 0.360. The Labute approximate surface area is 82.6 Å². The third-order valence-corrected chi connectivity index (χ3v) is 3.93. The highest BCUT2D eigenvalue weighted by Crippen LogP contribution is 2.55. The molecule has 0 aliphatic heterocycles. The normalized spacial score (nSPS) is 16.1. The molecule has 0 aromatic carbocycles. The molecule has 0 spiro atoms. The van der Waals surface area contributed by atoms with Crippen molar-refractivity contribution in [1.29, 1.82) is 0 Å². The van der Waals surface area contributed by atoms with E-state index in [0.717, 1.165) is 0 Å². The molecule has 7 heteroatoms. The number of hydrogen-bond acceptors (Lipinski definition) is 4. The van der Waals surface area contributed by atoms with Crippen LogP contribution in [-0.4, -0.2) is 47.8 Å². The second-order valence-corrected chi connectivity index (χ2v) is 5.28. The highest BCUT2D eigenvalue weighted by Gasteiger charge is 2.27. The summed E-state index contributed by atoms with van der Waals surface area (Å²) in [5, 5.41) is 17.3. The summed E-state index contributed by atoms with van der Waals surface area (Å²) in [4.78, 5) is 0. The molecule has 0 bridgehead atoms. The lowest BCUT2D eigenvalue weighted by molar-refractivity contribution is 0.198. The minimum atomic E-state index is -3.35. The van der Waals surface area contributed by atoms with E-state index in [9.17, 15) is 4.57 Å². The maximum absolute atomic E-state index is 11.5. The fourth-order valence-corrected chi connectivity index (χ4v) is 2.71. The van der Waals surface area contributed by atoms with E-state index in [1.807, 2.05) is 0 Å². The molecule has 1 atom stereocenters. The van der Waals surface area contributed by atoms with E-state index in [0.29, 0.717) is 0 Å². The van der Waals surface area contributed by atoms with Crippen molar-refractivity contribution in [3.05, 3.63) is 0 Å². The van der Waals surface area contributed by atoms with Gasteiger partial charge in [-0.2, -0.15) is 0 Å². The van der Waals surface area contributed by atoms with Crippen LogP contribution in [0.5, 0.6) is 0 Å². The maximum atomic E-state index is 11.5. The summed E-state index contributed by atoms with van der Waals surface area (Å²) in [5.74, 6) is 0. The molecule has 0 saturated carbocycles. The van der Waals surface area contributed by atoms with Gasteiger partial charge < -0.3 is 14.7 Å². The molecule has 0 aliphatic carbocycles. The van der Waals surface area contributed by atoms with Crippen molar-refractivity contribution in [3.8, 4) is 0 Å². The van der Waals surface area contributed by atoms with Crippen molar-refractivity contribution < 1.29 is 19.3 Å². The Morgan fingerprint density at radius 1 is 1.38 bits per heavy atom. The Kier molecular flexibility index (Phi) is 6.95. The molecule has 0 fully saturated rings. The quantitative estimate of drug-likeness (QED) is 0.630. The number of rotatable bonds is 7. The Morgan fingerprint density at radius 2 is 1.85 bits per heavy atom. The number of halogens is 1. The first-order valence-corrected chi connectivity index (χ1v) is 6.48. The monoisotopic (exact) mass is 231 g/mol. The molecule has 1 unspecified atom stereocenters. The van der Waals surface area contributed by atoms with Crippen LogP contribution in [0.3, 0.4) is 0 Å². The number of aliphatic hydroxyl groups excluding tert-OH is 2. The van der Waals surface area contributed by atoms with Crippen LogP contribution in [0.25, 0.3) is 0 Å². The Balaban J connectivity index is 4.23. The van der Waals surface area contributed by atoms with E-state index >= 15 is 0 Å². The van der Waals surface area contributed by atoms with Crippen LogP contribution in [0, 0.1) is 0 Å². The second kappa shape index (κ2) is 6.76. The SMILES string of the molecule is CCOP(=O)(Cl)N(CCO)CCO. The predicted molar refractivity (Wildman–Crippen MR) is 50.8 cm³/mol. The minimum absolute atomic E-state index is 0.126. The molecule has 0 rings (SSSR count). The van der Waals surface area contributed by atoms with Gasteiger partial charge in [0.1, 0.15) is 0 Å². The lowest BCUT2D eigenvalue weighted by atomic mass is 10.6. The molecule has 5 nitrogen and oxygen atoms in total. The third kappa shape index (κ3) is 4.96. The third-order valence-electron chi connectivity index (χ3n) is 1.34. The smallest absolute Gasteiger partial charge is 0.363 e. The van der Waals surface area contributed by atoms with Crippen molar-refractivity contribution in [3.63, 3.8) is 0 Å². The summed E-state index contributed by atoms with van der Waals surface area (Å²) in [5.41, 5.74) is 0. The fraction of sp³-hybridized carbons (Fsp3) is 1.00. The molecule has 2 N–H and O–H groups in total. The first-order valence-electron chi connectivity index (χ1n) is 3.99. The van der Waals surface area contributed by atoms with Gasteiger partial charge in [0, 0.05) is 13.1 Å². The summed E-state index contributed by atoms with van der Waals surface area (Å²) in [6.07, 6.45) is 0. The summed E-state index contributed by atoms with van der Waals surface area (Å²) in [6, 6.07) is 0. The van der Waals surface area contributed by atoms with Gasteiger partial charge >= 0.3 is 6.87 Å². The molecule has 13 heavy (non-hydrogen) atoms. The van der Waals surface area contributed by atoms with Gasteiger partial charge in [0.15, 0.2) is 0 Å². The van der Waals surface area contributed by atoms with Crippen LogP contribution in [-0.2, 0) is 9.09 Å². The molecule has 0 aromatic rings. The first kappa shape index (κ1) is 13.4. The van der Waals surface area contributed by atoms with Crippen LogP contribution < -0.4 is 0 Å². The highest BCUT2D eigenvalue weighted by molar-refractivity contribution is 7.83. The minimum Gasteiger partial charge on any atom is -0.395 e. The zero-order valence-corrected chi connectivity index (χ0v) is 9.17. The van der Waals surface area contributed by atoms with Gasteiger partial charge in [-0.05, 0) is 18.2 Å². The molecule has 0 saturated heterocycles. The average molecular weight is 232 g/mol. The topological polar surface area (TPSA) is 70.0 Å². The maximum Gasteiger partial charge on any atom is 0.363 e. The lowest BCUT2D eigenvalue weighted by Gasteiger charge is -2.24. The first-order chi connectivity index (χ1) is 6.08. The van der Waals surface area contributed by atoms with Gasteiger partial charge in [-0.3, -0.25) is 4.57 Å². The zero-order chi connectivity index (χ0) is 10.3. The Morgan fingerprint density at radius 3 is 2.15 bits per heavy atom. The van der Waals surface area contributed by atoms with E-state index in [1.165, 1.54) is 4.67 Å². The number of hydrogen-bond donors (Lipinski definition) is 2. The van der Waals surface area contributed by atoms with E-state index in [2.05, 4.69) is 0 Å². The second-order valence-electron chi connectivity index (χ2n) is 2.27. The van der Waals surface area contributed by atoms with Gasteiger partial charge in [0.2, 0.25) is 0 Å². The molecule has 0 amide bonds. The van der Waals surface area contributed by atoms with Crippen LogP contribution in [0.4, 0.5) is 0 Å². The fourth-order valence-electron chi connectivity index (χ4n) is 0.822. The molecule has 0 radical (unpaired) electrons. The summed E-state index contributed by atoms with van der Waals surface area (Å²) < 4.78 is 17.6. The largest absolute Gasteiger partial charge is 0.395 e. The van der Waals surface area contributed by atoms with E-state index < -0.39 is 6.87 Å².